The molecule has 0 atom stereocenters. The molecule has 1 heterocycles. The van der Waals surface area contributed by atoms with Crippen LogP contribution in [0.1, 0.15) is 33.3 Å². The highest BCUT2D eigenvalue weighted by molar-refractivity contribution is 5.94. The van der Waals surface area contributed by atoms with Crippen molar-refractivity contribution in [3.05, 3.63) is 59.4 Å². The molecule has 1 N–H and O–H groups in total. The van der Waals surface area contributed by atoms with E-state index in [1.54, 1.807) is 30.3 Å². The van der Waals surface area contributed by atoms with Crippen molar-refractivity contribution in [1.29, 1.82) is 0 Å². The van der Waals surface area contributed by atoms with E-state index in [0.29, 0.717) is 5.56 Å². The van der Waals surface area contributed by atoms with E-state index < -0.39 is 5.97 Å². The van der Waals surface area contributed by atoms with Crippen LogP contribution in [0.3, 0.4) is 0 Å². The number of carbonyl (C=O) groups excluding carboxylic acids is 1. The minimum atomic E-state index is -1.14. The van der Waals surface area contributed by atoms with Gasteiger partial charge in [0.1, 0.15) is 6.61 Å². The zero-order chi connectivity index (χ0) is 14.5. The molecule has 2 aromatic rings. The van der Waals surface area contributed by atoms with E-state index in [0.717, 1.165) is 5.56 Å². The average Bonchev–Trinajstić information content (AvgIpc) is 2.45. The molecule has 5 nitrogen and oxygen atoms in total. The van der Waals surface area contributed by atoms with E-state index in [1.165, 1.54) is 13.1 Å². The van der Waals surface area contributed by atoms with Crippen LogP contribution in [0.4, 0.5) is 0 Å². The van der Waals surface area contributed by atoms with Gasteiger partial charge >= 0.3 is 5.97 Å². The van der Waals surface area contributed by atoms with Gasteiger partial charge in [0.05, 0.1) is 0 Å². The Hall–Kier alpha value is -2.69. The first-order chi connectivity index (χ1) is 9.58. The van der Waals surface area contributed by atoms with Crippen LogP contribution in [0, 0.1) is 0 Å². The summed E-state index contributed by atoms with van der Waals surface area (Å²) in [6.45, 7) is 1.66. The summed E-state index contributed by atoms with van der Waals surface area (Å²) in [5.74, 6) is -0.967. The standard InChI is InChI=1S/C15H13NO4/c1-10(17)12-5-2-4-11(8-12)9-20-13-6-3-7-16-14(13)15(18)19/h2-8H,9H2,1H3,(H,18,19). The van der Waals surface area contributed by atoms with Gasteiger partial charge in [-0.05, 0) is 30.7 Å². The number of ketones is 1. The second kappa shape index (κ2) is 5.97. The number of carboxylic acids is 1. The first-order valence-electron chi connectivity index (χ1n) is 5.99. The quantitative estimate of drug-likeness (QED) is 0.846. The molecule has 0 amide bonds. The number of Topliss-reactive ketones (excluding diaryl/α,β-unsaturated/α-hetero) is 1. The van der Waals surface area contributed by atoms with Crippen LogP contribution in [-0.4, -0.2) is 21.8 Å². The Labute approximate surface area is 115 Å². The molecule has 20 heavy (non-hydrogen) atoms. The van der Waals surface area contributed by atoms with Crippen LogP contribution >= 0.6 is 0 Å². The fourth-order valence-corrected chi connectivity index (χ4v) is 1.71. The molecule has 0 saturated carbocycles. The lowest BCUT2D eigenvalue weighted by Crippen LogP contribution is -2.06. The summed E-state index contributed by atoms with van der Waals surface area (Å²) in [5, 5.41) is 8.99. The molecule has 0 bridgehead atoms. The lowest BCUT2D eigenvalue weighted by molar-refractivity contribution is 0.0684. The Morgan fingerprint density at radius 3 is 2.75 bits per heavy atom. The van der Waals surface area contributed by atoms with Gasteiger partial charge in [0.25, 0.3) is 0 Å². The maximum Gasteiger partial charge on any atom is 0.358 e. The van der Waals surface area contributed by atoms with Gasteiger partial charge in [0.2, 0.25) is 0 Å². The van der Waals surface area contributed by atoms with Crippen LogP contribution in [0.2, 0.25) is 0 Å². The number of pyridine rings is 1. The molecule has 102 valence electrons. The third-order valence-corrected chi connectivity index (χ3v) is 2.70. The summed E-state index contributed by atoms with van der Waals surface area (Å²) in [6, 6.07) is 10.2. The summed E-state index contributed by atoms with van der Waals surface area (Å²) >= 11 is 0. The molecular formula is C15H13NO4. The van der Waals surface area contributed by atoms with Gasteiger partial charge in [-0.15, -0.1) is 0 Å². The predicted octanol–water partition coefficient (Wildman–Crippen LogP) is 2.56. The average molecular weight is 271 g/mol. The largest absolute Gasteiger partial charge is 0.486 e. The number of aromatic nitrogens is 1. The number of nitrogens with zero attached hydrogens (tertiary/aromatic N) is 1. The summed E-state index contributed by atoms with van der Waals surface area (Å²) in [7, 11) is 0. The molecule has 2 rings (SSSR count). The van der Waals surface area contributed by atoms with E-state index in [1.807, 2.05) is 6.07 Å². The Morgan fingerprint density at radius 1 is 1.25 bits per heavy atom. The maximum absolute atomic E-state index is 11.3. The number of rotatable bonds is 5. The van der Waals surface area contributed by atoms with Crippen LogP contribution in [0.15, 0.2) is 42.6 Å². The topological polar surface area (TPSA) is 76.5 Å². The number of aromatic carboxylic acids is 1. The third kappa shape index (κ3) is 3.20. The highest BCUT2D eigenvalue weighted by Crippen LogP contribution is 2.17. The van der Waals surface area contributed by atoms with E-state index in [4.69, 9.17) is 9.84 Å². The lowest BCUT2D eigenvalue weighted by atomic mass is 10.1. The summed E-state index contributed by atoms with van der Waals surface area (Å²) < 4.78 is 5.46. The smallest absolute Gasteiger partial charge is 0.358 e. The molecule has 0 fully saturated rings. The van der Waals surface area contributed by atoms with Gasteiger partial charge in [-0.1, -0.05) is 18.2 Å². The van der Waals surface area contributed by atoms with Crippen LogP contribution < -0.4 is 4.74 Å². The van der Waals surface area contributed by atoms with Gasteiger partial charge in [-0.2, -0.15) is 0 Å². The van der Waals surface area contributed by atoms with Gasteiger partial charge in [-0.25, -0.2) is 9.78 Å². The molecule has 1 aromatic carbocycles. The van der Waals surface area contributed by atoms with E-state index in [-0.39, 0.29) is 23.8 Å². The number of hydrogen-bond acceptors (Lipinski definition) is 4. The molecule has 0 aliphatic carbocycles. The SMILES string of the molecule is CC(=O)c1cccc(COc2cccnc2C(=O)O)c1. The highest BCUT2D eigenvalue weighted by Gasteiger charge is 2.12. The number of carboxylic acid groups (broad SMARTS) is 1. The third-order valence-electron chi connectivity index (χ3n) is 2.70. The number of hydrogen-bond donors (Lipinski definition) is 1. The van der Waals surface area contributed by atoms with E-state index >= 15 is 0 Å². The Kier molecular flexibility index (Phi) is 4.10. The first-order valence-corrected chi connectivity index (χ1v) is 5.99. The van der Waals surface area contributed by atoms with Gasteiger partial charge in [0.15, 0.2) is 17.2 Å². The zero-order valence-electron chi connectivity index (χ0n) is 10.9. The van der Waals surface area contributed by atoms with E-state index in [2.05, 4.69) is 4.98 Å². The number of carbonyl (C=O) groups is 2. The number of ether oxygens (including phenoxy) is 1. The van der Waals surface area contributed by atoms with E-state index in [9.17, 15) is 9.59 Å². The maximum atomic E-state index is 11.3. The van der Waals surface area contributed by atoms with Crippen molar-refractivity contribution in [2.45, 2.75) is 13.5 Å². The van der Waals surface area contributed by atoms with Crippen molar-refractivity contribution < 1.29 is 19.4 Å². The molecule has 0 radical (unpaired) electrons. The van der Waals surface area contributed by atoms with Crippen molar-refractivity contribution in [3.63, 3.8) is 0 Å². The fourth-order valence-electron chi connectivity index (χ4n) is 1.71. The highest BCUT2D eigenvalue weighted by atomic mass is 16.5. The molecule has 0 unspecified atom stereocenters. The second-order valence-corrected chi connectivity index (χ2v) is 4.20. The van der Waals surface area contributed by atoms with Crippen molar-refractivity contribution in [2.24, 2.45) is 0 Å². The molecule has 0 saturated heterocycles. The predicted molar refractivity (Wildman–Crippen MR) is 72.0 cm³/mol. The van der Waals surface area contributed by atoms with Crippen molar-refractivity contribution in [1.82, 2.24) is 4.98 Å². The van der Waals surface area contributed by atoms with Crippen LogP contribution in [0.5, 0.6) is 5.75 Å². The van der Waals surface area contributed by atoms with Crippen molar-refractivity contribution >= 4 is 11.8 Å². The van der Waals surface area contributed by atoms with Crippen molar-refractivity contribution in [2.75, 3.05) is 0 Å². The Balaban J connectivity index is 2.15. The summed E-state index contributed by atoms with van der Waals surface area (Å²) in [6.07, 6.45) is 1.40. The minimum Gasteiger partial charge on any atom is -0.486 e. The van der Waals surface area contributed by atoms with Gasteiger partial charge < -0.3 is 9.84 Å². The molecule has 0 aliphatic heterocycles. The van der Waals surface area contributed by atoms with Gasteiger partial charge in [0, 0.05) is 11.8 Å². The molecular weight excluding hydrogens is 258 g/mol. The molecule has 0 spiro atoms. The summed E-state index contributed by atoms with van der Waals surface area (Å²) in [4.78, 5) is 26.0. The minimum absolute atomic E-state index is 0.0283. The normalized spacial score (nSPS) is 10.1. The van der Waals surface area contributed by atoms with Crippen molar-refractivity contribution in [3.8, 4) is 5.75 Å². The number of benzene rings is 1. The second-order valence-electron chi connectivity index (χ2n) is 4.20. The van der Waals surface area contributed by atoms with Gasteiger partial charge in [-0.3, -0.25) is 4.79 Å². The Morgan fingerprint density at radius 2 is 2.05 bits per heavy atom. The molecule has 5 heteroatoms. The summed E-state index contributed by atoms with van der Waals surface area (Å²) in [5.41, 5.74) is 1.25. The fraction of sp³-hybridized carbons (Fsp3) is 0.133. The first kappa shape index (κ1) is 13.7. The Bertz CT molecular complexity index is 652. The zero-order valence-corrected chi connectivity index (χ0v) is 10.9. The molecule has 0 aliphatic rings. The monoisotopic (exact) mass is 271 g/mol. The lowest BCUT2D eigenvalue weighted by Gasteiger charge is -2.08. The van der Waals surface area contributed by atoms with Crippen LogP contribution in [-0.2, 0) is 6.61 Å². The van der Waals surface area contributed by atoms with Crippen LogP contribution in [0.25, 0.3) is 0 Å². The molecule has 1 aromatic heterocycles.